The Kier molecular flexibility index (Phi) is 4.09. The number of ether oxygens (including phenoxy) is 1. The summed E-state index contributed by atoms with van der Waals surface area (Å²) in [4.78, 5) is 15.3. The third-order valence-electron chi connectivity index (χ3n) is 2.03. The fourth-order valence-corrected chi connectivity index (χ4v) is 1.22. The second-order valence-electron chi connectivity index (χ2n) is 3.31. The maximum atomic E-state index is 11.1. The lowest BCUT2D eigenvalue weighted by molar-refractivity contribution is -0.139. The van der Waals surface area contributed by atoms with Gasteiger partial charge in [-0.3, -0.25) is 0 Å². The monoisotopic (exact) mass is 208 g/mol. The van der Waals surface area contributed by atoms with Crippen LogP contribution in [0.2, 0.25) is 0 Å². The van der Waals surface area contributed by atoms with Crippen molar-refractivity contribution >= 4 is 5.97 Å². The van der Waals surface area contributed by atoms with Crippen LogP contribution in [0.5, 0.6) is 0 Å². The molecule has 0 bridgehead atoms. The normalized spacial score (nSPS) is 10.0. The minimum Gasteiger partial charge on any atom is -0.460 e. The number of aromatic nitrogens is 2. The Morgan fingerprint density at radius 2 is 2.40 bits per heavy atom. The summed E-state index contributed by atoms with van der Waals surface area (Å²) in [5, 5.41) is 0. The van der Waals surface area contributed by atoms with Crippen LogP contribution in [-0.4, -0.2) is 22.1 Å². The molecule has 0 saturated heterocycles. The standard InChI is InChI=1S/C11H16N2O2/c1-4-10-12-5-6-13(10)7-8-15-11(14)9(2)3/h5-6H,2,4,7-8H2,1,3H3. The van der Waals surface area contributed by atoms with Gasteiger partial charge in [0.15, 0.2) is 0 Å². The Hall–Kier alpha value is -1.58. The summed E-state index contributed by atoms with van der Waals surface area (Å²) in [6, 6.07) is 0. The molecule has 0 unspecified atom stereocenters. The molecule has 0 spiro atoms. The zero-order valence-electron chi connectivity index (χ0n) is 9.19. The minimum absolute atomic E-state index is 0.340. The van der Waals surface area contributed by atoms with Gasteiger partial charge in [0, 0.05) is 24.4 Å². The van der Waals surface area contributed by atoms with E-state index >= 15 is 0 Å². The molecule has 0 fully saturated rings. The highest BCUT2D eigenvalue weighted by Gasteiger charge is 2.04. The lowest BCUT2D eigenvalue weighted by Crippen LogP contribution is -2.12. The summed E-state index contributed by atoms with van der Waals surface area (Å²) in [6.45, 7) is 8.18. The average molecular weight is 208 g/mol. The number of hydrogen-bond acceptors (Lipinski definition) is 3. The van der Waals surface area contributed by atoms with E-state index in [0.29, 0.717) is 18.7 Å². The van der Waals surface area contributed by atoms with Crippen LogP contribution in [0.25, 0.3) is 0 Å². The van der Waals surface area contributed by atoms with Gasteiger partial charge in [0.25, 0.3) is 0 Å². The molecule has 0 amide bonds. The first kappa shape index (κ1) is 11.5. The van der Waals surface area contributed by atoms with E-state index in [-0.39, 0.29) is 5.97 Å². The second kappa shape index (κ2) is 5.34. The molecular weight excluding hydrogens is 192 g/mol. The molecule has 82 valence electrons. The molecule has 0 saturated carbocycles. The van der Waals surface area contributed by atoms with Gasteiger partial charge in [0.05, 0.1) is 6.54 Å². The molecule has 0 aliphatic rings. The van der Waals surface area contributed by atoms with Crippen LogP contribution in [0, 0.1) is 0 Å². The first-order valence-electron chi connectivity index (χ1n) is 4.97. The smallest absolute Gasteiger partial charge is 0.333 e. The number of imidazole rings is 1. The summed E-state index contributed by atoms with van der Waals surface area (Å²) >= 11 is 0. The van der Waals surface area contributed by atoms with Crippen molar-refractivity contribution in [2.24, 2.45) is 0 Å². The number of carbonyl (C=O) groups is 1. The van der Waals surface area contributed by atoms with Gasteiger partial charge in [0.1, 0.15) is 12.4 Å². The van der Waals surface area contributed by atoms with Crippen molar-refractivity contribution in [3.63, 3.8) is 0 Å². The molecule has 4 heteroatoms. The molecule has 1 aromatic rings. The van der Waals surface area contributed by atoms with Crippen molar-refractivity contribution in [3.05, 3.63) is 30.4 Å². The molecule has 0 aliphatic heterocycles. The van der Waals surface area contributed by atoms with Crippen LogP contribution >= 0.6 is 0 Å². The molecule has 0 aromatic carbocycles. The molecule has 0 radical (unpaired) electrons. The van der Waals surface area contributed by atoms with E-state index in [1.165, 1.54) is 0 Å². The number of esters is 1. The van der Waals surface area contributed by atoms with Gasteiger partial charge in [-0.25, -0.2) is 9.78 Å². The predicted octanol–water partition coefficient (Wildman–Crippen LogP) is 1.56. The summed E-state index contributed by atoms with van der Waals surface area (Å²) in [5.41, 5.74) is 0.427. The third kappa shape index (κ3) is 3.23. The SMILES string of the molecule is C=C(C)C(=O)OCCn1ccnc1CC. The Balaban J connectivity index is 2.38. The number of nitrogens with zero attached hydrogens (tertiary/aromatic N) is 2. The van der Waals surface area contributed by atoms with Crippen molar-refractivity contribution < 1.29 is 9.53 Å². The van der Waals surface area contributed by atoms with Crippen LogP contribution in [0.1, 0.15) is 19.7 Å². The largest absolute Gasteiger partial charge is 0.460 e. The fraction of sp³-hybridized carbons (Fsp3) is 0.455. The number of rotatable bonds is 5. The van der Waals surface area contributed by atoms with Gasteiger partial charge < -0.3 is 9.30 Å². The summed E-state index contributed by atoms with van der Waals surface area (Å²) < 4.78 is 6.97. The van der Waals surface area contributed by atoms with Crippen LogP contribution in [-0.2, 0) is 22.5 Å². The molecular formula is C11H16N2O2. The predicted molar refractivity (Wildman–Crippen MR) is 57.4 cm³/mol. The lowest BCUT2D eigenvalue weighted by atomic mass is 10.4. The molecule has 1 heterocycles. The molecule has 0 aliphatic carbocycles. The average Bonchev–Trinajstić information content (AvgIpc) is 2.65. The molecule has 1 rings (SSSR count). The first-order valence-corrected chi connectivity index (χ1v) is 4.97. The van der Waals surface area contributed by atoms with Gasteiger partial charge >= 0.3 is 5.97 Å². The fourth-order valence-electron chi connectivity index (χ4n) is 1.22. The summed E-state index contributed by atoms with van der Waals surface area (Å²) in [5.74, 6) is 0.662. The Morgan fingerprint density at radius 1 is 1.67 bits per heavy atom. The van der Waals surface area contributed by atoms with E-state index in [1.54, 1.807) is 13.1 Å². The maximum absolute atomic E-state index is 11.1. The number of aryl methyl sites for hydroxylation is 1. The van der Waals surface area contributed by atoms with Gasteiger partial charge in [-0.05, 0) is 6.92 Å². The third-order valence-corrected chi connectivity index (χ3v) is 2.03. The van der Waals surface area contributed by atoms with Crippen molar-refractivity contribution in [2.45, 2.75) is 26.8 Å². The Bertz CT molecular complexity index is 355. The first-order chi connectivity index (χ1) is 7.15. The zero-order valence-corrected chi connectivity index (χ0v) is 9.19. The van der Waals surface area contributed by atoms with Crippen molar-refractivity contribution in [1.29, 1.82) is 0 Å². The minimum atomic E-state index is -0.340. The topological polar surface area (TPSA) is 44.1 Å². The summed E-state index contributed by atoms with van der Waals surface area (Å²) in [7, 11) is 0. The van der Waals surface area contributed by atoms with Gasteiger partial charge in [-0.15, -0.1) is 0 Å². The molecule has 1 aromatic heterocycles. The quantitative estimate of drug-likeness (QED) is 0.545. The highest BCUT2D eigenvalue weighted by atomic mass is 16.5. The van der Waals surface area contributed by atoms with Crippen molar-refractivity contribution in [3.8, 4) is 0 Å². The highest BCUT2D eigenvalue weighted by Crippen LogP contribution is 1.99. The molecule has 15 heavy (non-hydrogen) atoms. The number of hydrogen-bond donors (Lipinski definition) is 0. The van der Waals surface area contributed by atoms with Crippen LogP contribution < -0.4 is 0 Å². The number of carbonyl (C=O) groups excluding carboxylic acids is 1. The lowest BCUT2D eigenvalue weighted by Gasteiger charge is -2.07. The van der Waals surface area contributed by atoms with E-state index < -0.39 is 0 Å². The van der Waals surface area contributed by atoms with E-state index in [4.69, 9.17) is 4.74 Å². The zero-order chi connectivity index (χ0) is 11.3. The van der Waals surface area contributed by atoms with Crippen LogP contribution in [0.4, 0.5) is 0 Å². The van der Waals surface area contributed by atoms with E-state index in [2.05, 4.69) is 11.6 Å². The van der Waals surface area contributed by atoms with Crippen molar-refractivity contribution in [2.75, 3.05) is 6.61 Å². The van der Waals surface area contributed by atoms with E-state index in [9.17, 15) is 4.79 Å². The van der Waals surface area contributed by atoms with Gasteiger partial charge in [-0.2, -0.15) is 0 Å². The van der Waals surface area contributed by atoms with Crippen LogP contribution in [0.15, 0.2) is 24.5 Å². The second-order valence-corrected chi connectivity index (χ2v) is 3.31. The molecule has 0 atom stereocenters. The highest BCUT2D eigenvalue weighted by molar-refractivity contribution is 5.86. The van der Waals surface area contributed by atoms with Gasteiger partial charge in [-0.1, -0.05) is 13.5 Å². The molecule has 0 N–H and O–H groups in total. The van der Waals surface area contributed by atoms with E-state index in [0.717, 1.165) is 12.2 Å². The maximum Gasteiger partial charge on any atom is 0.333 e. The van der Waals surface area contributed by atoms with Crippen LogP contribution in [0.3, 0.4) is 0 Å². The van der Waals surface area contributed by atoms with Gasteiger partial charge in [0.2, 0.25) is 0 Å². The van der Waals surface area contributed by atoms with E-state index in [1.807, 2.05) is 17.7 Å². The summed E-state index contributed by atoms with van der Waals surface area (Å²) in [6.07, 6.45) is 4.51. The Labute approximate surface area is 89.6 Å². The Morgan fingerprint density at radius 3 is 3.00 bits per heavy atom. The molecule has 4 nitrogen and oxygen atoms in total. The van der Waals surface area contributed by atoms with Crippen molar-refractivity contribution in [1.82, 2.24) is 9.55 Å².